The largest absolute Gasteiger partial charge is 0.497 e. The Kier molecular flexibility index (Phi) is 7.90. The average molecular weight is 511 g/mol. The molecule has 2 aliphatic rings. The monoisotopic (exact) mass is 510 g/mol. The van der Waals surface area contributed by atoms with Crippen LogP contribution in [0.25, 0.3) is 11.1 Å². The maximum Gasteiger partial charge on any atom is 0.241 e. The van der Waals surface area contributed by atoms with Crippen molar-refractivity contribution in [2.75, 3.05) is 33.4 Å². The molecule has 0 saturated carbocycles. The fourth-order valence-corrected chi connectivity index (χ4v) is 6.46. The summed E-state index contributed by atoms with van der Waals surface area (Å²) >= 11 is 0. The fraction of sp³-hybridized carbons (Fsp3) is 0.478. The number of sulfonamides is 2. The number of hydrogen-bond acceptors (Lipinski definition) is 7. The Morgan fingerprint density at radius 1 is 0.853 bits per heavy atom. The lowest BCUT2D eigenvalue weighted by Crippen LogP contribution is -2.32. The van der Waals surface area contributed by atoms with Crippen LogP contribution in [0.3, 0.4) is 0 Å². The molecule has 2 atom stereocenters. The van der Waals surface area contributed by atoms with Crippen LogP contribution in [0.15, 0.2) is 52.3 Å². The number of hydrogen-bond donors (Lipinski definition) is 2. The number of benzene rings is 2. The lowest BCUT2D eigenvalue weighted by molar-refractivity contribution is 0.114. The van der Waals surface area contributed by atoms with Gasteiger partial charge in [0.1, 0.15) is 5.75 Å². The van der Waals surface area contributed by atoms with Gasteiger partial charge in [-0.05, 0) is 55.5 Å². The maximum absolute atomic E-state index is 13.1. The molecule has 0 unspecified atom stereocenters. The van der Waals surface area contributed by atoms with Gasteiger partial charge in [-0.15, -0.1) is 0 Å². The summed E-state index contributed by atoms with van der Waals surface area (Å²) in [4.78, 5) is 0.153. The van der Waals surface area contributed by atoms with E-state index in [2.05, 4.69) is 9.44 Å². The predicted molar refractivity (Wildman–Crippen MR) is 127 cm³/mol. The van der Waals surface area contributed by atoms with Crippen LogP contribution in [0, 0.1) is 0 Å². The molecule has 0 aromatic heterocycles. The van der Waals surface area contributed by atoms with Gasteiger partial charge >= 0.3 is 0 Å². The molecule has 4 rings (SSSR count). The highest BCUT2D eigenvalue weighted by Gasteiger charge is 2.25. The zero-order chi connectivity index (χ0) is 24.2. The van der Waals surface area contributed by atoms with Crippen molar-refractivity contribution in [3.63, 3.8) is 0 Å². The Morgan fingerprint density at radius 3 is 1.97 bits per heavy atom. The molecule has 2 aromatic rings. The zero-order valence-electron chi connectivity index (χ0n) is 19.0. The molecule has 11 heteroatoms. The molecule has 0 spiro atoms. The highest BCUT2D eigenvalue weighted by molar-refractivity contribution is 7.89. The molecule has 0 bridgehead atoms. The van der Waals surface area contributed by atoms with E-state index < -0.39 is 20.0 Å². The Hall–Kier alpha value is -2.02. The fourth-order valence-electron chi connectivity index (χ4n) is 4.08. The Balaban J connectivity index is 1.56. The summed E-state index contributed by atoms with van der Waals surface area (Å²) in [6.07, 6.45) is 3.23. The van der Waals surface area contributed by atoms with Crippen LogP contribution in [-0.4, -0.2) is 62.5 Å². The summed E-state index contributed by atoms with van der Waals surface area (Å²) in [5.41, 5.74) is 1.01. The van der Waals surface area contributed by atoms with Crippen LogP contribution in [-0.2, 0) is 29.5 Å². The third-order valence-electron chi connectivity index (χ3n) is 6.00. The first-order valence-electron chi connectivity index (χ1n) is 11.3. The van der Waals surface area contributed by atoms with E-state index >= 15 is 0 Å². The van der Waals surface area contributed by atoms with Crippen LogP contribution in [0.1, 0.15) is 25.7 Å². The molecule has 0 radical (unpaired) electrons. The Labute approximate surface area is 200 Å². The van der Waals surface area contributed by atoms with Crippen LogP contribution < -0.4 is 14.2 Å². The first-order chi connectivity index (χ1) is 16.3. The highest BCUT2D eigenvalue weighted by Crippen LogP contribution is 2.31. The quantitative estimate of drug-likeness (QED) is 0.503. The molecule has 0 aliphatic carbocycles. The van der Waals surface area contributed by atoms with E-state index in [1.165, 1.54) is 25.3 Å². The minimum absolute atomic E-state index is 0.0527. The minimum atomic E-state index is -3.87. The standard InChI is InChI=1S/C23H30N2O7S2/c1-30-18-8-11-22(23(14-18)34(28,29)25-16-20-5-3-13-32-20)17-6-9-21(10-7-17)33(26,27)24-15-19-4-2-12-31-19/h6-11,14,19-20,24-25H,2-5,12-13,15-16H2,1H3/t19-,20-/m0/s1. The molecule has 2 heterocycles. The predicted octanol–water partition coefficient (Wildman–Crippen LogP) is 2.28. The van der Waals surface area contributed by atoms with Crippen molar-refractivity contribution in [1.82, 2.24) is 9.44 Å². The van der Waals surface area contributed by atoms with Gasteiger partial charge in [-0.1, -0.05) is 12.1 Å². The van der Waals surface area contributed by atoms with Crippen LogP contribution in [0.5, 0.6) is 5.75 Å². The number of ether oxygens (including phenoxy) is 3. The first kappa shape index (κ1) is 25.1. The lowest BCUT2D eigenvalue weighted by Gasteiger charge is -2.16. The average Bonchev–Trinajstić information content (AvgIpc) is 3.56. The van der Waals surface area contributed by atoms with E-state index in [1.54, 1.807) is 24.3 Å². The smallest absolute Gasteiger partial charge is 0.241 e. The van der Waals surface area contributed by atoms with Gasteiger partial charge in [0, 0.05) is 37.9 Å². The lowest BCUT2D eigenvalue weighted by atomic mass is 10.1. The summed E-state index contributed by atoms with van der Waals surface area (Å²) in [7, 11) is -6.11. The molecule has 0 amide bonds. The summed E-state index contributed by atoms with van der Waals surface area (Å²) < 4.78 is 73.1. The minimum Gasteiger partial charge on any atom is -0.497 e. The van der Waals surface area contributed by atoms with Gasteiger partial charge in [-0.3, -0.25) is 0 Å². The van der Waals surface area contributed by atoms with Crippen LogP contribution in [0.4, 0.5) is 0 Å². The van der Waals surface area contributed by atoms with Crippen LogP contribution in [0.2, 0.25) is 0 Å². The summed E-state index contributed by atoms with van der Waals surface area (Å²) in [6, 6.07) is 10.9. The zero-order valence-corrected chi connectivity index (χ0v) is 20.7. The summed E-state index contributed by atoms with van der Waals surface area (Å²) in [6.45, 7) is 1.69. The van der Waals surface area contributed by atoms with Gasteiger partial charge in [-0.25, -0.2) is 26.3 Å². The van der Waals surface area contributed by atoms with E-state index in [4.69, 9.17) is 14.2 Å². The number of methoxy groups -OCH3 is 1. The molecule has 186 valence electrons. The maximum atomic E-state index is 13.1. The van der Waals surface area contributed by atoms with Crippen molar-refractivity contribution in [2.45, 2.75) is 47.7 Å². The van der Waals surface area contributed by atoms with E-state index in [0.717, 1.165) is 25.7 Å². The van der Waals surface area contributed by atoms with Gasteiger partial charge in [0.2, 0.25) is 20.0 Å². The normalized spacial score (nSPS) is 21.1. The number of rotatable bonds is 10. The van der Waals surface area contributed by atoms with Gasteiger partial charge in [0.15, 0.2) is 0 Å². The second kappa shape index (κ2) is 10.7. The molecular weight excluding hydrogens is 480 g/mol. The van der Waals surface area contributed by atoms with Crippen LogP contribution >= 0.6 is 0 Å². The molecular formula is C23H30N2O7S2. The first-order valence-corrected chi connectivity index (χ1v) is 14.3. The third-order valence-corrected chi connectivity index (χ3v) is 8.91. The van der Waals surface area contributed by atoms with Crippen molar-refractivity contribution in [3.8, 4) is 16.9 Å². The van der Waals surface area contributed by atoms with E-state index in [1.807, 2.05) is 0 Å². The Bertz CT molecular complexity index is 1190. The molecule has 2 saturated heterocycles. The van der Waals surface area contributed by atoms with Gasteiger partial charge in [0.25, 0.3) is 0 Å². The molecule has 9 nitrogen and oxygen atoms in total. The number of nitrogens with one attached hydrogen (secondary N) is 2. The third kappa shape index (κ3) is 5.96. The van der Waals surface area contributed by atoms with Crippen molar-refractivity contribution < 1.29 is 31.0 Å². The topological polar surface area (TPSA) is 120 Å². The Morgan fingerprint density at radius 2 is 1.44 bits per heavy atom. The van der Waals surface area contributed by atoms with E-state index in [9.17, 15) is 16.8 Å². The van der Waals surface area contributed by atoms with E-state index in [-0.39, 0.29) is 35.1 Å². The second-order valence-corrected chi connectivity index (χ2v) is 11.9. The van der Waals surface area contributed by atoms with Crippen molar-refractivity contribution in [1.29, 1.82) is 0 Å². The second-order valence-electron chi connectivity index (χ2n) is 8.36. The molecule has 2 N–H and O–H groups in total. The van der Waals surface area contributed by atoms with Crippen molar-refractivity contribution in [3.05, 3.63) is 42.5 Å². The van der Waals surface area contributed by atoms with Gasteiger partial charge in [0.05, 0.1) is 29.1 Å². The van der Waals surface area contributed by atoms with Crippen molar-refractivity contribution in [2.24, 2.45) is 0 Å². The van der Waals surface area contributed by atoms with Crippen molar-refractivity contribution >= 4 is 20.0 Å². The SMILES string of the molecule is COc1ccc(-c2ccc(S(=O)(=O)NC[C@@H]3CCCO3)cc2)c(S(=O)(=O)NC[C@@H]2CCCO2)c1. The molecule has 2 fully saturated rings. The molecule has 2 aliphatic heterocycles. The van der Waals surface area contributed by atoms with E-state index in [0.29, 0.717) is 30.1 Å². The molecule has 34 heavy (non-hydrogen) atoms. The van der Waals surface area contributed by atoms with Gasteiger partial charge in [-0.2, -0.15) is 0 Å². The van der Waals surface area contributed by atoms with Gasteiger partial charge < -0.3 is 14.2 Å². The highest BCUT2D eigenvalue weighted by atomic mass is 32.2. The molecule has 2 aromatic carbocycles. The summed E-state index contributed by atoms with van der Waals surface area (Å²) in [5, 5.41) is 0. The summed E-state index contributed by atoms with van der Waals surface area (Å²) in [5.74, 6) is 0.402.